The molecule has 0 fully saturated rings. The summed E-state index contributed by atoms with van der Waals surface area (Å²) < 4.78 is 10.9. The summed E-state index contributed by atoms with van der Waals surface area (Å²) in [6, 6.07) is 12.3. The first-order valence-corrected chi connectivity index (χ1v) is 8.06. The zero-order chi connectivity index (χ0) is 14.7. The number of anilines is 1. The number of fused-ring (bicyclic) bond motifs is 1. The molecule has 0 saturated heterocycles. The van der Waals surface area contributed by atoms with E-state index in [9.17, 15) is 0 Å². The normalized spacial score (nSPS) is 12.8. The quantitative estimate of drug-likeness (QED) is 0.677. The molecule has 0 atom stereocenters. The zero-order valence-corrected chi connectivity index (χ0v) is 12.9. The molecule has 2 N–H and O–H groups in total. The van der Waals surface area contributed by atoms with Crippen LogP contribution >= 0.6 is 11.8 Å². The van der Waals surface area contributed by atoms with E-state index in [2.05, 4.69) is 18.2 Å². The van der Waals surface area contributed by atoms with Gasteiger partial charge in [0.25, 0.3) is 0 Å². The van der Waals surface area contributed by atoms with Crippen molar-refractivity contribution in [3.8, 4) is 11.5 Å². The standard InChI is InChI=1S/C17H19NO2S/c1-19-16-11-14(18)3-5-17(16)21-9-7-12-2-4-15-13(10-12)6-8-20-15/h2-5,10-11H,6-9,18H2,1H3. The van der Waals surface area contributed by atoms with E-state index >= 15 is 0 Å². The van der Waals surface area contributed by atoms with Gasteiger partial charge in [0.2, 0.25) is 0 Å². The van der Waals surface area contributed by atoms with Crippen molar-refractivity contribution in [1.82, 2.24) is 0 Å². The largest absolute Gasteiger partial charge is 0.496 e. The minimum Gasteiger partial charge on any atom is -0.496 e. The summed E-state index contributed by atoms with van der Waals surface area (Å²) in [7, 11) is 1.68. The number of hydrogen-bond donors (Lipinski definition) is 1. The van der Waals surface area contributed by atoms with Gasteiger partial charge in [-0.05, 0) is 35.7 Å². The molecule has 0 aromatic heterocycles. The van der Waals surface area contributed by atoms with Crippen molar-refractivity contribution in [2.75, 3.05) is 25.2 Å². The van der Waals surface area contributed by atoms with Crippen LogP contribution in [0, 0.1) is 0 Å². The summed E-state index contributed by atoms with van der Waals surface area (Å²) in [5.74, 6) is 2.91. The van der Waals surface area contributed by atoms with Crippen LogP contribution in [-0.4, -0.2) is 19.5 Å². The van der Waals surface area contributed by atoms with Gasteiger partial charge in [-0.15, -0.1) is 11.8 Å². The van der Waals surface area contributed by atoms with E-state index in [0.717, 1.165) is 47.3 Å². The summed E-state index contributed by atoms with van der Waals surface area (Å²) >= 11 is 1.80. The van der Waals surface area contributed by atoms with Gasteiger partial charge in [0, 0.05) is 28.8 Å². The number of rotatable bonds is 5. The monoisotopic (exact) mass is 301 g/mol. The Morgan fingerprint density at radius 3 is 3.00 bits per heavy atom. The summed E-state index contributed by atoms with van der Waals surface area (Å²) in [5, 5.41) is 0. The van der Waals surface area contributed by atoms with Crippen LogP contribution < -0.4 is 15.2 Å². The third-order valence-corrected chi connectivity index (χ3v) is 4.65. The predicted molar refractivity (Wildman–Crippen MR) is 87.5 cm³/mol. The second-order valence-electron chi connectivity index (χ2n) is 5.05. The average molecular weight is 301 g/mol. The summed E-state index contributed by atoms with van der Waals surface area (Å²) in [6.07, 6.45) is 2.06. The van der Waals surface area contributed by atoms with Crippen molar-refractivity contribution in [3.05, 3.63) is 47.5 Å². The molecule has 4 heteroatoms. The van der Waals surface area contributed by atoms with Gasteiger partial charge >= 0.3 is 0 Å². The van der Waals surface area contributed by atoms with Gasteiger partial charge in [-0.3, -0.25) is 0 Å². The highest BCUT2D eigenvalue weighted by Crippen LogP contribution is 2.32. The fraction of sp³-hybridized carbons (Fsp3) is 0.294. The number of ether oxygens (including phenoxy) is 2. The van der Waals surface area contributed by atoms with E-state index in [0.29, 0.717) is 0 Å². The Bertz CT molecular complexity index is 643. The van der Waals surface area contributed by atoms with Crippen LogP contribution in [0.3, 0.4) is 0 Å². The molecule has 3 nitrogen and oxygen atoms in total. The number of aryl methyl sites for hydroxylation is 1. The molecular weight excluding hydrogens is 282 g/mol. The van der Waals surface area contributed by atoms with Crippen LogP contribution in [0.15, 0.2) is 41.3 Å². The highest BCUT2D eigenvalue weighted by atomic mass is 32.2. The molecule has 0 aliphatic carbocycles. The average Bonchev–Trinajstić information content (AvgIpc) is 2.96. The van der Waals surface area contributed by atoms with Gasteiger partial charge in [-0.25, -0.2) is 0 Å². The molecule has 2 aromatic carbocycles. The molecule has 0 spiro atoms. The lowest BCUT2D eigenvalue weighted by atomic mass is 10.1. The Labute approximate surface area is 129 Å². The molecule has 0 bridgehead atoms. The Morgan fingerprint density at radius 2 is 2.14 bits per heavy atom. The summed E-state index contributed by atoms with van der Waals surface area (Å²) in [6.45, 7) is 0.816. The maximum atomic E-state index is 5.77. The number of methoxy groups -OCH3 is 1. The summed E-state index contributed by atoms with van der Waals surface area (Å²) in [4.78, 5) is 1.14. The lowest BCUT2D eigenvalue weighted by molar-refractivity contribution is 0.357. The highest BCUT2D eigenvalue weighted by molar-refractivity contribution is 7.99. The molecule has 0 radical (unpaired) electrons. The first-order chi connectivity index (χ1) is 10.3. The van der Waals surface area contributed by atoms with Crippen molar-refractivity contribution >= 4 is 17.4 Å². The SMILES string of the molecule is COc1cc(N)ccc1SCCc1ccc2c(c1)CCO2. The van der Waals surface area contributed by atoms with Crippen LogP contribution in [0.4, 0.5) is 5.69 Å². The molecule has 0 saturated carbocycles. The van der Waals surface area contributed by atoms with Crippen LogP contribution in [0.2, 0.25) is 0 Å². The van der Waals surface area contributed by atoms with Crippen molar-refractivity contribution in [3.63, 3.8) is 0 Å². The smallest absolute Gasteiger partial charge is 0.134 e. The fourth-order valence-electron chi connectivity index (χ4n) is 2.48. The first kappa shape index (κ1) is 14.1. The Hall–Kier alpha value is -1.81. The maximum Gasteiger partial charge on any atom is 0.134 e. The van der Waals surface area contributed by atoms with Gasteiger partial charge < -0.3 is 15.2 Å². The Morgan fingerprint density at radius 1 is 1.24 bits per heavy atom. The molecule has 0 unspecified atom stereocenters. The minimum atomic E-state index is 0.731. The lowest BCUT2D eigenvalue weighted by Gasteiger charge is -2.09. The van der Waals surface area contributed by atoms with Crippen molar-refractivity contribution in [2.45, 2.75) is 17.7 Å². The van der Waals surface area contributed by atoms with Gasteiger partial charge in [0.1, 0.15) is 11.5 Å². The molecule has 110 valence electrons. The third kappa shape index (κ3) is 3.27. The number of benzene rings is 2. The predicted octanol–water partition coefficient (Wildman–Crippen LogP) is 3.55. The third-order valence-electron chi connectivity index (χ3n) is 3.59. The molecule has 0 amide bonds. The molecule has 2 aromatic rings. The summed E-state index contributed by atoms with van der Waals surface area (Å²) in [5.41, 5.74) is 9.20. The molecule has 1 heterocycles. The molecule has 1 aliphatic rings. The van der Waals surface area contributed by atoms with Crippen LogP contribution in [0.5, 0.6) is 11.5 Å². The van der Waals surface area contributed by atoms with Crippen molar-refractivity contribution in [2.24, 2.45) is 0 Å². The van der Waals surface area contributed by atoms with Crippen molar-refractivity contribution < 1.29 is 9.47 Å². The second-order valence-corrected chi connectivity index (χ2v) is 6.19. The molecular formula is C17H19NO2S. The van der Waals surface area contributed by atoms with Gasteiger partial charge in [-0.1, -0.05) is 12.1 Å². The van der Waals surface area contributed by atoms with E-state index in [1.54, 1.807) is 18.9 Å². The maximum absolute atomic E-state index is 5.77. The Balaban J connectivity index is 1.61. The van der Waals surface area contributed by atoms with Crippen LogP contribution in [-0.2, 0) is 12.8 Å². The second kappa shape index (κ2) is 6.31. The number of hydrogen-bond acceptors (Lipinski definition) is 4. The number of nitrogens with two attached hydrogens (primary N) is 1. The van der Waals surface area contributed by atoms with Gasteiger partial charge in [0.15, 0.2) is 0 Å². The van der Waals surface area contributed by atoms with Crippen LogP contribution in [0.25, 0.3) is 0 Å². The van der Waals surface area contributed by atoms with E-state index in [-0.39, 0.29) is 0 Å². The van der Waals surface area contributed by atoms with E-state index in [1.165, 1.54) is 11.1 Å². The van der Waals surface area contributed by atoms with Gasteiger partial charge in [0.05, 0.1) is 13.7 Å². The highest BCUT2D eigenvalue weighted by Gasteiger charge is 2.12. The van der Waals surface area contributed by atoms with E-state index in [4.69, 9.17) is 15.2 Å². The van der Waals surface area contributed by atoms with Gasteiger partial charge in [-0.2, -0.15) is 0 Å². The van der Waals surface area contributed by atoms with E-state index < -0.39 is 0 Å². The van der Waals surface area contributed by atoms with Crippen LogP contribution in [0.1, 0.15) is 11.1 Å². The molecule has 1 aliphatic heterocycles. The lowest BCUT2D eigenvalue weighted by Crippen LogP contribution is -1.93. The Kier molecular flexibility index (Phi) is 4.25. The number of nitrogen functional groups attached to an aromatic ring is 1. The first-order valence-electron chi connectivity index (χ1n) is 7.07. The van der Waals surface area contributed by atoms with E-state index in [1.807, 2.05) is 18.2 Å². The minimum absolute atomic E-state index is 0.731. The number of thioether (sulfide) groups is 1. The fourth-order valence-corrected chi connectivity index (χ4v) is 3.48. The van der Waals surface area contributed by atoms with Crippen molar-refractivity contribution in [1.29, 1.82) is 0 Å². The molecule has 3 rings (SSSR count). The molecule has 21 heavy (non-hydrogen) atoms. The topological polar surface area (TPSA) is 44.5 Å². The zero-order valence-electron chi connectivity index (χ0n) is 12.1.